The van der Waals surface area contributed by atoms with Crippen LogP contribution in [0.3, 0.4) is 0 Å². The number of hydrogen-bond donors (Lipinski definition) is 0. The molecule has 9 atom stereocenters. The molecule has 4 saturated carbocycles. The zero-order valence-corrected chi connectivity index (χ0v) is 16.8. The van der Waals surface area contributed by atoms with Crippen molar-refractivity contribution in [2.24, 2.45) is 46.8 Å². The van der Waals surface area contributed by atoms with Gasteiger partial charge in [0, 0.05) is 18.4 Å². The molecule has 0 aromatic heterocycles. The van der Waals surface area contributed by atoms with E-state index >= 15 is 0 Å². The van der Waals surface area contributed by atoms with Gasteiger partial charge in [0.15, 0.2) is 5.78 Å². The second kappa shape index (κ2) is 5.59. The molecule has 0 bridgehead atoms. The Bertz CT molecular complexity index is 714. The SMILES string of the molecule is C=C[C@H]1CC2=CC(=O)CC[C@@H]2C2CC[C@@]3(CC)C(C21)[C@@H]1C[C@@H]1[C@@]31CCCO1. The monoisotopic (exact) mass is 366 g/mol. The number of carbonyl (C=O) groups excluding carboxylic acids is 1. The highest BCUT2D eigenvalue weighted by Gasteiger charge is 2.78. The average Bonchev–Trinajstić information content (AvgIpc) is 3.26. The van der Waals surface area contributed by atoms with Gasteiger partial charge in [-0.1, -0.05) is 18.6 Å². The van der Waals surface area contributed by atoms with Crippen LogP contribution < -0.4 is 0 Å². The molecule has 5 aliphatic carbocycles. The summed E-state index contributed by atoms with van der Waals surface area (Å²) >= 11 is 0. The minimum absolute atomic E-state index is 0.215. The van der Waals surface area contributed by atoms with Crippen LogP contribution in [-0.4, -0.2) is 18.0 Å². The third kappa shape index (κ3) is 1.94. The first-order valence-electron chi connectivity index (χ1n) is 11.6. The molecule has 0 aromatic carbocycles. The molecule has 1 heterocycles. The van der Waals surface area contributed by atoms with Gasteiger partial charge in [0.25, 0.3) is 0 Å². The van der Waals surface area contributed by atoms with Crippen molar-refractivity contribution in [1.82, 2.24) is 0 Å². The molecule has 2 heteroatoms. The van der Waals surface area contributed by atoms with Crippen LogP contribution in [0, 0.1) is 46.8 Å². The van der Waals surface area contributed by atoms with Crippen molar-refractivity contribution in [2.45, 2.75) is 70.3 Å². The second-order valence-electron chi connectivity index (χ2n) is 10.6. The summed E-state index contributed by atoms with van der Waals surface area (Å²) in [5.74, 6) is 5.77. The number of ketones is 1. The fourth-order valence-electron chi connectivity index (χ4n) is 9.45. The van der Waals surface area contributed by atoms with Crippen LogP contribution >= 0.6 is 0 Å². The molecular formula is C25H34O2. The van der Waals surface area contributed by atoms with Crippen LogP contribution in [0.2, 0.25) is 0 Å². The summed E-state index contributed by atoms with van der Waals surface area (Å²) in [5.41, 5.74) is 2.11. The molecular weight excluding hydrogens is 332 g/mol. The smallest absolute Gasteiger partial charge is 0.155 e. The Hall–Kier alpha value is -0.890. The third-order valence-electron chi connectivity index (χ3n) is 10.2. The topological polar surface area (TPSA) is 26.3 Å². The summed E-state index contributed by atoms with van der Waals surface area (Å²) in [5, 5.41) is 0. The van der Waals surface area contributed by atoms with Gasteiger partial charge in [0.1, 0.15) is 0 Å². The average molecular weight is 367 g/mol. The molecule has 1 aliphatic heterocycles. The van der Waals surface area contributed by atoms with E-state index < -0.39 is 0 Å². The van der Waals surface area contributed by atoms with Gasteiger partial charge in [0.05, 0.1) is 5.60 Å². The van der Waals surface area contributed by atoms with Crippen molar-refractivity contribution in [2.75, 3.05) is 6.61 Å². The Balaban J connectivity index is 1.44. The van der Waals surface area contributed by atoms with Crippen LogP contribution in [0.5, 0.6) is 0 Å². The Morgan fingerprint density at radius 1 is 1.30 bits per heavy atom. The Morgan fingerprint density at radius 2 is 2.19 bits per heavy atom. The lowest BCUT2D eigenvalue weighted by molar-refractivity contribution is -0.163. The van der Waals surface area contributed by atoms with Gasteiger partial charge in [-0.25, -0.2) is 0 Å². The lowest BCUT2D eigenvalue weighted by atomic mass is 9.45. The Kier molecular flexibility index (Phi) is 3.52. The van der Waals surface area contributed by atoms with Crippen molar-refractivity contribution in [3.05, 3.63) is 24.3 Å². The predicted molar refractivity (Wildman–Crippen MR) is 106 cm³/mol. The number of rotatable bonds is 2. The van der Waals surface area contributed by atoms with E-state index in [1.807, 2.05) is 6.08 Å². The quantitative estimate of drug-likeness (QED) is 0.617. The number of allylic oxidation sites excluding steroid dienone is 2. The molecule has 6 aliphatic rings. The minimum Gasteiger partial charge on any atom is -0.374 e. The normalized spacial score (nSPS) is 55.4. The summed E-state index contributed by atoms with van der Waals surface area (Å²) in [6, 6.07) is 0. The Labute approximate surface area is 163 Å². The molecule has 6 rings (SSSR count). The first-order chi connectivity index (χ1) is 13.1. The van der Waals surface area contributed by atoms with Gasteiger partial charge < -0.3 is 4.74 Å². The summed E-state index contributed by atoms with van der Waals surface area (Å²) in [6.45, 7) is 7.73. The summed E-state index contributed by atoms with van der Waals surface area (Å²) < 4.78 is 6.71. The predicted octanol–water partition coefficient (Wildman–Crippen LogP) is 5.34. The van der Waals surface area contributed by atoms with E-state index in [4.69, 9.17) is 4.74 Å². The molecule has 1 saturated heterocycles. The molecule has 146 valence electrons. The number of ether oxygens (including phenoxy) is 1. The van der Waals surface area contributed by atoms with Crippen LogP contribution in [0.25, 0.3) is 0 Å². The largest absolute Gasteiger partial charge is 0.374 e. The first kappa shape index (κ1) is 17.0. The zero-order valence-electron chi connectivity index (χ0n) is 16.8. The molecule has 0 radical (unpaired) electrons. The number of carbonyl (C=O) groups is 1. The van der Waals surface area contributed by atoms with E-state index in [1.54, 1.807) is 0 Å². The standard InChI is InChI=1S/C25H34O2/c1-3-15-12-16-13-17(26)6-7-18(16)19-8-10-24(4-2)23(22(15)19)20-14-21(20)25(24)9-5-11-27-25/h3,13,15,18-23H,1,4-12,14H2,2H3/t15-,18-,19?,20+,21-,22?,23?,24-,25-/m0/s1. The number of hydrogen-bond acceptors (Lipinski definition) is 2. The van der Waals surface area contributed by atoms with E-state index in [2.05, 4.69) is 19.6 Å². The van der Waals surface area contributed by atoms with E-state index in [9.17, 15) is 4.79 Å². The zero-order chi connectivity index (χ0) is 18.4. The Morgan fingerprint density at radius 3 is 2.93 bits per heavy atom. The fraction of sp³-hybridized carbons (Fsp3) is 0.800. The minimum atomic E-state index is 0.215. The highest BCUT2D eigenvalue weighted by molar-refractivity contribution is 5.91. The lowest BCUT2D eigenvalue weighted by Gasteiger charge is -2.60. The van der Waals surface area contributed by atoms with Crippen molar-refractivity contribution in [3.63, 3.8) is 0 Å². The fourth-order valence-corrected chi connectivity index (χ4v) is 9.45. The molecule has 5 fully saturated rings. The molecule has 0 aromatic rings. The molecule has 1 spiro atoms. The molecule has 3 unspecified atom stereocenters. The highest BCUT2D eigenvalue weighted by Crippen LogP contribution is 2.79. The maximum atomic E-state index is 12.1. The van der Waals surface area contributed by atoms with Gasteiger partial charge in [-0.2, -0.15) is 0 Å². The first-order valence-corrected chi connectivity index (χ1v) is 11.6. The van der Waals surface area contributed by atoms with Crippen molar-refractivity contribution < 1.29 is 9.53 Å². The molecule has 0 amide bonds. The van der Waals surface area contributed by atoms with Gasteiger partial charge in [-0.05, 0) is 98.9 Å². The summed E-state index contributed by atoms with van der Waals surface area (Å²) in [7, 11) is 0. The molecule has 2 nitrogen and oxygen atoms in total. The third-order valence-corrected chi connectivity index (χ3v) is 10.2. The van der Waals surface area contributed by atoms with E-state index in [-0.39, 0.29) is 5.60 Å². The summed E-state index contributed by atoms with van der Waals surface area (Å²) in [6.07, 6.45) is 15.3. The van der Waals surface area contributed by atoms with Gasteiger partial charge in [-0.15, -0.1) is 6.58 Å². The van der Waals surface area contributed by atoms with Crippen LogP contribution in [-0.2, 0) is 9.53 Å². The van der Waals surface area contributed by atoms with E-state index in [1.165, 1.54) is 44.1 Å². The van der Waals surface area contributed by atoms with E-state index in [0.717, 1.165) is 55.5 Å². The second-order valence-corrected chi connectivity index (χ2v) is 10.6. The maximum absolute atomic E-state index is 12.1. The van der Waals surface area contributed by atoms with Gasteiger partial charge in [-0.3, -0.25) is 4.79 Å². The maximum Gasteiger partial charge on any atom is 0.155 e. The van der Waals surface area contributed by atoms with Crippen molar-refractivity contribution in [1.29, 1.82) is 0 Å². The van der Waals surface area contributed by atoms with Crippen LogP contribution in [0.1, 0.15) is 64.7 Å². The lowest BCUT2D eigenvalue weighted by Crippen LogP contribution is -2.57. The highest BCUT2D eigenvalue weighted by atomic mass is 16.5. The van der Waals surface area contributed by atoms with Crippen molar-refractivity contribution >= 4 is 5.78 Å². The molecule has 0 N–H and O–H groups in total. The van der Waals surface area contributed by atoms with Crippen LogP contribution in [0.15, 0.2) is 24.3 Å². The molecule has 27 heavy (non-hydrogen) atoms. The van der Waals surface area contributed by atoms with Gasteiger partial charge >= 0.3 is 0 Å². The number of fused-ring (bicyclic) bond motifs is 9. The van der Waals surface area contributed by atoms with Crippen molar-refractivity contribution in [3.8, 4) is 0 Å². The van der Waals surface area contributed by atoms with E-state index in [0.29, 0.717) is 23.0 Å². The summed E-state index contributed by atoms with van der Waals surface area (Å²) in [4.78, 5) is 12.1. The van der Waals surface area contributed by atoms with Gasteiger partial charge in [0.2, 0.25) is 0 Å². The van der Waals surface area contributed by atoms with Crippen LogP contribution in [0.4, 0.5) is 0 Å².